The maximum Gasteiger partial charge on any atom is 0.276 e. The molecule has 0 atom stereocenters. The number of anilines is 1. The minimum atomic E-state index is -0.287. The van der Waals surface area contributed by atoms with Crippen LogP contribution in [0, 0.1) is 0 Å². The molecule has 0 saturated carbocycles. The summed E-state index contributed by atoms with van der Waals surface area (Å²) in [4.78, 5) is 16.8. The van der Waals surface area contributed by atoms with E-state index in [1.54, 1.807) is 36.6 Å². The van der Waals surface area contributed by atoms with Crippen molar-refractivity contribution in [1.82, 2.24) is 25.0 Å². The quantitative estimate of drug-likeness (QED) is 0.554. The molecule has 0 aliphatic carbocycles. The van der Waals surface area contributed by atoms with Crippen molar-refractivity contribution in [1.29, 1.82) is 0 Å². The number of rotatable bonds is 5. The van der Waals surface area contributed by atoms with Crippen LogP contribution in [-0.2, 0) is 0 Å². The molecule has 0 spiro atoms. The lowest BCUT2D eigenvalue weighted by Crippen LogP contribution is -2.12. The number of carbonyl (C=O) groups excluding carboxylic acids is 1. The number of H-pyrrole nitrogens is 1. The number of benzene rings is 1. The van der Waals surface area contributed by atoms with Crippen LogP contribution in [0.3, 0.4) is 0 Å². The summed E-state index contributed by atoms with van der Waals surface area (Å²) in [5, 5.41) is 14.9. The lowest BCUT2D eigenvalue weighted by atomic mass is 10.0. The molecule has 1 aromatic carbocycles. The number of methoxy groups -OCH3 is 1. The van der Waals surface area contributed by atoms with Gasteiger partial charge in [0.25, 0.3) is 5.91 Å². The number of fused-ring (bicyclic) bond motifs is 1. The molecule has 0 bridgehead atoms. The number of amides is 1. The van der Waals surface area contributed by atoms with E-state index in [0.29, 0.717) is 17.1 Å². The second kappa shape index (κ2) is 7.15. The zero-order valence-corrected chi connectivity index (χ0v) is 15.8. The second-order valence-corrected chi connectivity index (χ2v) is 6.70. The van der Waals surface area contributed by atoms with Crippen LogP contribution in [0.15, 0.2) is 49.1 Å². The summed E-state index contributed by atoms with van der Waals surface area (Å²) in [6.45, 7) is 4.05. The van der Waals surface area contributed by atoms with E-state index in [1.807, 2.05) is 38.1 Å². The predicted octanol–water partition coefficient (Wildman–Crippen LogP) is 3.66. The number of aromatic amines is 1. The Kier molecular flexibility index (Phi) is 4.52. The normalized spacial score (nSPS) is 11.1. The summed E-state index contributed by atoms with van der Waals surface area (Å²) in [5.74, 6) is 0.398. The van der Waals surface area contributed by atoms with Crippen LogP contribution < -0.4 is 10.1 Å². The molecule has 8 heteroatoms. The van der Waals surface area contributed by atoms with E-state index in [1.165, 1.54) is 0 Å². The maximum absolute atomic E-state index is 12.6. The topological polar surface area (TPSA) is 97.7 Å². The van der Waals surface area contributed by atoms with E-state index in [9.17, 15) is 4.79 Å². The molecule has 0 radical (unpaired) electrons. The van der Waals surface area contributed by atoms with Gasteiger partial charge in [-0.2, -0.15) is 10.2 Å². The van der Waals surface area contributed by atoms with Gasteiger partial charge in [0.1, 0.15) is 5.75 Å². The molecule has 0 unspecified atom stereocenters. The summed E-state index contributed by atoms with van der Waals surface area (Å²) < 4.78 is 7.01. The Labute approximate surface area is 161 Å². The van der Waals surface area contributed by atoms with Gasteiger partial charge in [-0.05, 0) is 37.6 Å². The van der Waals surface area contributed by atoms with Crippen LogP contribution in [0.25, 0.3) is 22.0 Å². The predicted molar refractivity (Wildman–Crippen MR) is 106 cm³/mol. The smallest absolute Gasteiger partial charge is 0.276 e. The number of nitrogens with one attached hydrogen (secondary N) is 2. The largest absolute Gasteiger partial charge is 0.495 e. The SMILES string of the molecule is COc1cncc(-c2ccc3c(C(=O)Nc4cnn(C(C)C)c4)n[nH]c3c2)c1. The summed E-state index contributed by atoms with van der Waals surface area (Å²) in [6.07, 6.45) is 6.84. The van der Waals surface area contributed by atoms with Crippen molar-refractivity contribution in [3.05, 3.63) is 54.7 Å². The number of nitrogens with zero attached hydrogens (tertiary/aromatic N) is 4. The van der Waals surface area contributed by atoms with E-state index >= 15 is 0 Å². The highest BCUT2D eigenvalue weighted by molar-refractivity contribution is 6.11. The van der Waals surface area contributed by atoms with Gasteiger partial charge in [0.05, 0.1) is 30.7 Å². The third-order valence-electron chi connectivity index (χ3n) is 4.45. The molecule has 1 amide bonds. The number of pyridine rings is 1. The zero-order chi connectivity index (χ0) is 19.7. The molecular formula is C20H20N6O2. The van der Waals surface area contributed by atoms with Gasteiger partial charge in [-0.15, -0.1) is 0 Å². The molecule has 8 nitrogen and oxygen atoms in total. The van der Waals surface area contributed by atoms with Crippen molar-refractivity contribution in [2.24, 2.45) is 0 Å². The van der Waals surface area contributed by atoms with Gasteiger partial charge in [0, 0.05) is 29.4 Å². The van der Waals surface area contributed by atoms with Crippen LogP contribution >= 0.6 is 0 Å². The van der Waals surface area contributed by atoms with E-state index in [0.717, 1.165) is 22.0 Å². The standard InChI is InChI=1S/C20H20N6O2/c1-12(2)26-11-15(9-22-26)23-20(27)19-17-5-4-13(7-18(17)24-25-19)14-6-16(28-3)10-21-8-14/h4-12H,1-3H3,(H,23,27)(H,24,25). The summed E-state index contributed by atoms with van der Waals surface area (Å²) in [6, 6.07) is 7.88. The first-order chi connectivity index (χ1) is 13.5. The average molecular weight is 376 g/mol. The van der Waals surface area contributed by atoms with E-state index in [2.05, 4.69) is 25.6 Å². The molecule has 0 saturated heterocycles. The lowest BCUT2D eigenvalue weighted by molar-refractivity contribution is 0.102. The minimum Gasteiger partial charge on any atom is -0.495 e. The maximum atomic E-state index is 12.6. The number of hydrogen-bond acceptors (Lipinski definition) is 5. The van der Waals surface area contributed by atoms with Gasteiger partial charge < -0.3 is 10.1 Å². The molecule has 0 fully saturated rings. The van der Waals surface area contributed by atoms with Crippen molar-refractivity contribution < 1.29 is 9.53 Å². The monoisotopic (exact) mass is 376 g/mol. The van der Waals surface area contributed by atoms with E-state index < -0.39 is 0 Å². The molecule has 3 aromatic heterocycles. The fourth-order valence-corrected chi connectivity index (χ4v) is 2.94. The van der Waals surface area contributed by atoms with Crippen molar-refractivity contribution >= 4 is 22.5 Å². The van der Waals surface area contributed by atoms with Crippen molar-refractivity contribution in [3.8, 4) is 16.9 Å². The van der Waals surface area contributed by atoms with Gasteiger partial charge in [-0.25, -0.2) is 0 Å². The van der Waals surface area contributed by atoms with Crippen molar-refractivity contribution in [2.75, 3.05) is 12.4 Å². The fourth-order valence-electron chi connectivity index (χ4n) is 2.94. The first-order valence-corrected chi connectivity index (χ1v) is 8.88. The highest BCUT2D eigenvalue weighted by atomic mass is 16.5. The Hall–Kier alpha value is -3.68. The van der Waals surface area contributed by atoms with Gasteiger partial charge in [-0.3, -0.25) is 19.6 Å². The molecular weight excluding hydrogens is 356 g/mol. The van der Waals surface area contributed by atoms with Crippen molar-refractivity contribution in [3.63, 3.8) is 0 Å². The molecule has 142 valence electrons. The number of carbonyl (C=O) groups is 1. The highest BCUT2D eigenvalue weighted by Gasteiger charge is 2.16. The number of aromatic nitrogens is 5. The van der Waals surface area contributed by atoms with Gasteiger partial charge in [-0.1, -0.05) is 6.07 Å². The molecule has 0 aliphatic rings. The molecule has 3 heterocycles. The van der Waals surface area contributed by atoms with Crippen LogP contribution in [0.5, 0.6) is 5.75 Å². The first-order valence-electron chi connectivity index (χ1n) is 8.88. The summed E-state index contributed by atoms with van der Waals surface area (Å²) in [7, 11) is 1.61. The lowest BCUT2D eigenvalue weighted by Gasteiger charge is -2.05. The molecule has 4 rings (SSSR count). The molecule has 0 aliphatic heterocycles. The fraction of sp³-hybridized carbons (Fsp3) is 0.200. The third-order valence-corrected chi connectivity index (χ3v) is 4.45. The number of ether oxygens (including phenoxy) is 1. The third kappa shape index (κ3) is 3.32. The van der Waals surface area contributed by atoms with E-state index in [-0.39, 0.29) is 11.9 Å². The van der Waals surface area contributed by atoms with Gasteiger partial charge in [0.2, 0.25) is 0 Å². The molecule has 2 N–H and O–H groups in total. The van der Waals surface area contributed by atoms with Gasteiger partial charge in [0.15, 0.2) is 5.69 Å². The van der Waals surface area contributed by atoms with Crippen LogP contribution in [0.1, 0.15) is 30.4 Å². The van der Waals surface area contributed by atoms with Gasteiger partial charge >= 0.3 is 0 Å². The average Bonchev–Trinajstić information content (AvgIpc) is 3.34. The minimum absolute atomic E-state index is 0.224. The first kappa shape index (κ1) is 17.7. The Morgan fingerprint density at radius 2 is 2.04 bits per heavy atom. The Morgan fingerprint density at radius 1 is 1.18 bits per heavy atom. The Bertz CT molecular complexity index is 1140. The molecule has 4 aromatic rings. The highest BCUT2D eigenvalue weighted by Crippen LogP contribution is 2.27. The summed E-state index contributed by atoms with van der Waals surface area (Å²) in [5.41, 5.74) is 3.61. The summed E-state index contributed by atoms with van der Waals surface area (Å²) >= 11 is 0. The van der Waals surface area contributed by atoms with Crippen LogP contribution in [-0.4, -0.2) is 38.0 Å². The Balaban J connectivity index is 1.61. The second-order valence-electron chi connectivity index (χ2n) is 6.70. The Morgan fingerprint density at radius 3 is 2.79 bits per heavy atom. The van der Waals surface area contributed by atoms with E-state index in [4.69, 9.17) is 4.74 Å². The number of hydrogen-bond donors (Lipinski definition) is 2. The van der Waals surface area contributed by atoms with Crippen LogP contribution in [0.2, 0.25) is 0 Å². The molecule has 28 heavy (non-hydrogen) atoms. The van der Waals surface area contributed by atoms with Crippen LogP contribution in [0.4, 0.5) is 5.69 Å². The zero-order valence-electron chi connectivity index (χ0n) is 15.8. The van der Waals surface area contributed by atoms with Crippen molar-refractivity contribution in [2.45, 2.75) is 19.9 Å².